The first kappa shape index (κ1) is 15.0. The predicted molar refractivity (Wildman–Crippen MR) is 75.3 cm³/mol. The van der Waals surface area contributed by atoms with Gasteiger partial charge in [0.15, 0.2) is 0 Å². The molecule has 0 fully saturated rings. The van der Waals surface area contributed by atoms with Crippen molar-refractivity contribution in [3.05, 3.63) is 29.8 Å². The molecule has 0 heterocycles. The second kappa shape index (κ2) is 9.92. The first-order valence-corrected chi connectivity index (χ1v) is 6.78. The predicted octanol–water partition coefficient (Wildman–Crippen LogP) is 2.64. The topological polar surface area (TPSA) is 30.5 Å². The first-order valence-electron chi connectivity index (χ1n) is 6.78. The van der Waals surface area contributed by atoms with Crippen LogP contribution in [0.2, 0.25) is 0 Å². The van der Waals surface area contributed by atoms with Crippen LogP contribution in [0.1, 0.15) is 25.3 Å². The summed E-state index contributed by atoms with van der Waals surface area (Å²) in [6.45, 7) is 5.72. The molecule has 0 amide bonds. The third kappa shape index (κ3) is 6.03. The van der Waals surface area contributed by atoms with Crippen LogP contribution in [0.3, 0.4) is 0 Å². The van der Waals surface area contributed by atoms with Crippen molar-refractivity contribution in [3.8, 4) is 5.75 Å². The van der Waals surface area contributed by atoms with Crippen molar-refractivity contribution in [3.63, 3.8) is 0 Å². The van der Waals surface area contributed by atoms with Crippen molar-refractivity contribution in [1.29, 1.82) is 0 Å². The Morgan fingerprint density at radius 1 is 1.11 bits per heavy atom. The molecule has 1 aromatic rings. The van der Waals surface area contributed by atoms with Gasteiger partial charge in [-0.25, -0.2) is 0 Å². The molecule has 0 spiro atoms. The largest absolute Gasteiger partial charge is 0.496 e. The fourth-order valence-electron chi connectivity index (χ4n) is 1.75. The van der Waals surface area contributed by atoms with Gasteiger partial charge in [0.05, 0.1) is 13.7 Å². The van der Waals surface area contributed by atoms with Gasteiger partial charge in [0.25, 0.3) is 0 Å². The van der Waals surface area contributed by atoms with Gasteiger partial charge in [-0.1, -0.05) is 31.5 Å². The molecule has 1 N–H and O–H groups in total. The minimum absolute atomic E-state index is 0.798. The molecule has 0 aromatic heterocycles. The summed E-state index contributed by atoms with van der Waals surface area (Å²) in [7, 11) is 1.72. The van der Waals surface area contributed by atoms with Crippen molar-refractivity contribution < 1.29 is 9.47 Å². The number of hydrogen-bond donors (Lipinski definition) is 1. The highest BCUT2D eigenvalue weighted by molar-refractivity contribution is 5.33. The summed E-state index contributed by atoms with van der Waals surface area (Å²) in [6, 6.07) is 8.16. The van der Waals surface area contributed by atoms with Gasteiger partial charge in [-0.2, -0.15) is 0 Å². The molecular formula is C15H25NO2. The molecule has 0 radical (unpaired) electrons. The quantitative estimate of drug-likeness (QED) is 0.648. The number of methoxy groups -OCH3 is 1. The van der Waals surface area contributed by atoms with Crippen LogP contribution in [0.5, 0.6) is 5.75 Å². The van der Waals surface area contributed by atoms with Crippen LogP contribution in [-0.2, 0) is 11.2 Å². The first-order chi connectivity index (χ1) is 8.88. The lowest BCUT2D eigenvalue weighted by Crippen LogP contribution is -2.22. The van der Waals surface area contributed by atoms with Crippen molar-refractivity contribution in [2.45, 2.75) is 26.2 Å². The van der Waals surface area contributed by atoms with E-state index in [9.17, 15) is 0 Å². The molecule has 0 saturated carbocycles. The van der Waals surface area contributed by atoms with Gasteiger partial charge >= 0.3 is 0 Å². The average Bonchev–Trinajstić information content (AvgIpc) is 2.42. The fourth-order valence-corrected chi connectivity index (χ4v) is 1.75. The monoisotopic (exact) mass is 251 g/mol. The van der Waals surface area contributed by atoms with Crippen LogP contribution in [0.25, 0.3) is 0 Å². The molecule has 0 aliphatic heterocycles. The van der Waals surface area contributed by atoms with Gasteiger partial charge in [0.1, 0.15) is 5.75 Å². The van der Waals surface area contributed by atoms with E-state index in [1.165, 1.54) is 12.0 Å². The Bertz CT molecular complexity index is 315. The second-order valence-electron chi connectivity index (χ2n) is 4.28. The summed E-state index contributed by atoms with van der Waals surface area (Å²) in [5.74, 6) is 0.971. The summed E-state index contributed by atoms with van der Waals surface area (Å²) >= 11 is 0. The van der Waals surface area contributed by atoms with E-state index in [1.54, 1.807) is 7.11 Å². The van der Waals surface area contributed by atoms with Crippen LogP contribution in [0, 0.1) is 0 Å². The molecule has 0 bridgehead atoms. The Kier molecular flexibility index (Phi) is 8.26. The van der Waals surface area contributed by atoms with E-state index in [-0.39, 0.29) is 0 Å². The van der Waals surface area contributed by atoms with Crippen LogP contribution in [0.15, 0.2) is 24.3 Å². The highest BCUT2D eigenvalue weighted by atomic mass is 16.5. The van der Waals surface area contributed by atoms with E-state index >= 15 is 0 Å². The zero-order chi connectivity index (χ0) is 13.1. The van der Waals surface area contributed by atoms with Gasteiger partial charge in [-0.3, -0.25) is 0 Å². The van der Waals surface area contributed by atoms with Crippen LogP contribution >= 0.6 is 0 Å². The molecule has 0 unspecified atom stereocenters. The molecule has 0 aliphatic rings. The molecule has 1 rings (SSSR count). The second-order valence-corrected chi connectivity index (χ2v) is 4.28. The third-order valence-corrected chi connectivity index (χ3v) is 2.83. The highest BCUT2D eigenvalue weighted by Crippen LogP contribution is 2.16. The summed E-state index contributed by atoms with van der Waals surface area (Å²) < 4.78 is 10.8. The molecule has 1 aromatic carbocycles. The third-order valence-electron chi connectivity index (χ3n) is 2.83. The van der Waals surface area contributed by atoms with Gasteiger partial charge in [-0.05, 0) is 31.0 Å². The maximum Gasteiger partial charge on any atom is 0.122 e. The van der Waals surface area contributed by atoms with Gasteiger partial charge in [0, 0.05) is 13.2 Å². The van der Waals surface area contributed by atoms with Gasteiger partial charge in [0.2, 0.25) is 0 Å². The van der Waals surface area contributed by atoms with E-state index in [0.29, 0.717) is 0 Å². The Labute approximate surface area is 110 Å². The maximum absolute atomic E-state index is 5.48. The zero-order valence-corrected chi connectivity index (χ0v) is 11.6. The molecular weight excluding hydrogens is 226 g/mol. The standard InChI is InChI=1S/C15H25NO2/c1-3-4-12-18-13-11-16-10-9-14-7-5-6-8-15(14)17-2/h5-8,16H,3-4,9-13H2,1-2H3. The number of nitrogens with one attached hydrogen (secondary N) is 1. The Morgan fingerprint density at radius 3 is 2.72 bits per heavy atom. The highest BCUT2D eigenvalue weighted by Gasteiger charge is 2.00. The molecule has 102 valence electrons. The molecule has 0 saturated heterocycles. The summed E-state index contributed by atoms with van der Waals surface area (Å²) in [5, 5.41) is 3.38. The lowest BCUT2D eigenvalue weighted by Gasteiger charge is -2.09. The zero-order valence-electron chi connectivity index (χ0n) is 11.6. The Hall–Kier alpha value is -1.06. The van der Waals surface area contributed by atoms with Crippen molar-refractivity contribution >= 4 is 0 Å². The molecule has 3 heteroatoms. The van der Waals surface area contributed by atoms with E-state index in [4.69, 9.17) is 9.47 Å². The Morgan fingerprint density at radius 2 is 1.94 bits per heavy atom. The molecule has 0 atom stereocenters. The van der Waals surface area contributed by atoms with E-state index in [1.807, 2.05) is 18.2 Å². The molecule has 3 nitrogen and oxygen atoms in total. The maximum atomic E-state index is 5.48. The van der Waals surface area contributed by atoms with E-state index in [2.05, 4.69) is 18.3 Å². The lowest BCUT2D eigenvalue weighted by molar-refractivity contribution is 0.133. The van der Waals surface area contributed by atoms with Crippen molar-refractivity contribution in [2.24, 2.45) is 0 Å². The lowest BCUT2D eigenvalue weighted by atomic mass is 10.1. The van der Waals surface area contributed by atoms with Crippen molar-refractivity contribution in [2.75, 3.05) is 33.4 Å². The number of para-hydroxylation sites is 1. The smallest absolute Gasteiger partial charge is 0.122 e. The van der Waals surface area contributed by atoms with E-state index in [0.717, 1.165) is 44.9 Å². The normalized spacial score (nSPS) is 10.6. The van der Waals surface area contributed by atoms with E-state index < -0.39 is 0 Å². The number of rotatable bonds is 10. The fraction of sp³-hybridized carbons (Fsp3) is 0.600. The van der Waals surface area contributed by atoms with Crippen LogP contribution < -0.4 is 10.1 Å². The van der Waals surface area contributed by atoms with Crippen molar-refractivity contribution in [1.82, 2.24) is 5.32 Å². The van der Waals surface area contributed by atoms with Crippen LogP contribution in [-0.4, -0.2) is 33.4 Å². The average molecular weight is 251 g/mol. The number of benzene rings is 1. The van der Waals surface area contributed by atoms with Crippen LogP contribution in [0.4, 0.5) is 0 Å². The minimum atomic E-state index is 0.798. The SMILES string of the molecule is CCCCOCCNCCc1ccccc1OC. The summed E-state index contributed by atoms with van der Waals surface area (Å²) in [6.07, 6.45) is 3.33. The molecule has 18 heavy (non-hydrogen) atoms. The number of unbranched alkanes of at least 4 members (excludes halogenated alkanes) is 1. The van der Waals surface area contributed by atoms with Gasteiger partial charge in [-0.15, -0.1) is 0 Å². The molecule has 0 aliphatic carbocycles. The summed E-state index contributed by atoms with van der Waals surface area (Å²) in [5.41, 5.74) is 1.25. The van der Waals surface area contributed by atoms with Gasteiger partial charge < -0.3 is 14.8 Å². The minimum Gasteiger partial charge on any atom is -0.496 e. The summed E-state index contributed by atoms with van der Waals surface area (Å²) in [4.78, 5) is 0. The number of ether oxygens (including phenoxy) is 2. The number of hydrogen-bond acceptors (Lipinski definition) is 3. The Balaban J connectivity index is 2.07.